The van der Waals surface area contributed by atoms with Crippen molar-refractivity contribution >= 4 is 5.69 Å². The first-order valence-electron chi connectivity index (χ1n) is 3.88. The van der Waals surface area contributed by atoms with Gasteiger partial charge in [0.15, 0.2) is 0 Å². The second-order valence-electron chi connectivity index (χ2n) is 2.66. The molecule has 0 aliphatic heterocycles. The van der Waals surface area contributed by atoms with E-state index in [1.165, 1.54) is 6.07 Å². The molecule has 16 heavy (non-hydrogen) atoms. The first-order valence-corrected chi connectivity index (χ1v) is 3.88. The summed E-state index contributed by atoms with van der Waals surface area (Å²) in [5.74, 6) is -0.911. The van der Waals surface area contributed by atoms with E-state index in [1.54, 1.807) is 0 Å². The molecule has 4 nitrogen and oxygen atoms in total. The molecule has 0 fully saturated rings. The highest BCUT2D eigenvalue weighted by atomic mass is 19.4. The van der Waals surface area contributed by atoms with Crippen molar-refractivity contribution in [3.63, 3.8) is 0 Å². The van der Waals surface area contributed by atoms with Crippen LogP contribution in [0.15, 0.2) is 6.07 Å². The number of nitrogen functional groups attached to an aromatic ring is 1. The van der Waals surface area contributed by atoms with Crippen molar-refractivity contribution in [3.8, 4) is 11.9 Å². The van der Waals surface area contributed by atoms with Crippen LogP contribution in [0.25, 0.3) is 0 Å². The number of aromatic nitrogens is 1. The molecule has 1 rings (SSSR count). The van der Waals surface area contributed by atoms with Crippen molar-refractivity contribution in [2.75, 3.05) is 5.73 Å². The van der Waals surface area contributed by atoms with Crippen molar-refractivity contribution in [1.82, 2.24) is 4.98 Å². The standard InChI is InChI=1S/C8H5F4N3O/c9-2-5-7(14)4(3-13)1-6(15-5)16-8(10,11)12/h1H,2,14H2. The minimum Gasteiger partial charge on any atom is -0.396 e. The number of nitrogens with zero attached hydrogens (tertiary/aromatic N) is 2. The van der Waals surface area contributed by atoms with Gasteiger partial charge in [0.05, 0.1) is 16.9 Å². The van der Waals surface area contributed by atoms with Crippen LogP contribution in [-0.2, 0) is 6.67 Å². The molecule has 0 saturated heterocycles. The molecule has 8 heteroatoms. The van der Waals surface area contributed by atoms with Crippen molar-refractivity contribution in [2.24, 2.45) is 0 Å². The predicted molar refractivity (Wildman–Crippen MR) is 44.9 cm³/mol. The average molecular weight is 235 g/mol. The van der Waals surface area contributed by atoms with Crippen LogP contribution in [0.2, 0.25) is 0 Å². The van der Waals surface area contributed by atoms with E-state index in [0.29, 0.717) is 6.07 Å². The molecule has 0 aliphatic carbocycles. The maximum Gasteiger partial charge on any atom is 0.574 e. The van der Waals surface area contributed by atoms with Gasteiger partial charge in [0.1, 0.15) is 12.7 Å². The lowest BCUT2D eigenvalue weighted by atomic mass is 10.2. The fourth-order valence-corrected chi connectivity index (χ4v) is 0.947. The van der Waals surface area contributed by atoms with Gasteiger partial charge >= 0.3 is 6.36 Å². The molecule has 0 atom stereocenters. The fourth-order valence-electron chi connectivity index (χ4n) is 0.947. The minimum absolute atomic E-state index is 0.292. The number of hydrogen-bond donors (Lipinski definition) is 1. The molecule has 1 aromatic heterocycles. The first-order chi connectivity index (χ1) is 7.37. The van der Waals surface area contributed by atoms with E-state index in [1.807, 2.05) is 0 Å². The van der Waals surface area contributed by atoms with E-state index in [9.17, 15) is 17.6 Å². The van der Waals surface area contributed by atoms with Crippen LogP contribution in [0.1, 0.15) is 11.3 Å². The van der Waals surface area contributed by atoms with E-state index in [2.05, 4.69) is 9.72 Å². The summed E-state index contributed by atoms with van der Waals surface area (Å²) in [6.07, 6.45) is -4.95. The lowest BCUT2D eigenvalue weighted by Crippen LogP contribution is -2.18. The number of nitrogens with two attached hydrogens (primary N) is 1. The van der Waals surface area contributed by atoms with Crippen LogP contribution in [0.4, 0.5) is 23.2 Å². The summed E-state index contributed by atoms with van der Waals surface area (Å²) in [5.41, 5.74) is 4.21. The summed E-state index contributed by atoms with van der Waals surface area (Å²) in [4.78, 5) is 3.19. The van der Waals surface area contributed by atoms with Gasteiger partial charge in [0.25, 0.3) is 0 Å². The smallest absolute Gasteiger partial charge is 0.396 e. The molecule has 86 valence electrons. The van der Waals surface area contributed by atoms with Gasteiger partial charge in [-0.15, -0.1) is 13.2 Å². The van der Waals surface area contributed by atoms with E-state index in [0.717, 1.165) is 0 Å². The highest BCUT2D eigenvalue weighted by Crippen LogP contribution is 2.26. The Morgan fingerprint density at radius 2 is 2.12 bits per heavy atom. The molecule has 0 aliphatic rings. The Bertz CT molecular complexity index is 438. The number of ether oxygens (including phenoxy) is 1. The van der Waals surface area contributed by atoms with E-state index in [-0.39, 0.29) is 11.3 Å². The van der Waals surface area contributed by atoms with Crippen LogP contribution in [0.5, 0.6) is 5.88 Å². The molecule has 1 heterocycles. The van der Waals surface area contributed by atoms with Crippen LogP contribution >= 0.6 is 0 Å². The molecular formula is C8H5F4N3O. The zero-order chi connectivity index (χ0) is 12.3. The third-order valence-electron chi connectivity index (χ3n) is 1.58. The Hall–Kier alpha value is -2.04. The van der Waals surface area contributed by atoms with Crippen LogP contribution in [0.3, 0.4) is 0 Å². The van der Waals surface area contributed by atoms with Crippen LogP contribution < -0.4 is 10.5 Å². The van der Waals surface area contributed by atoms with E-state index < -0.39 is 24.6 Å². The number of anilines is 1. The van der Waals surface area contributed by atoms with Crippen molar-refractivity contribution < 1.29 is 22.3 Å². The summed E-state index contributed by atoms with van der Waals surface area (Å²) in [5, 5.41) is 8.54. The number of alkyl halides is 4. The quantitative estimate of drug-likeness (QED) is 0.794. The summed E-state index contributed by atoms with van der Waals surface area (Å²) in [6, 6.07) is 2.21. The number of rotatable bonds is 2. The third-order valence-corrected chi connectivity index (χ3v) is 1.58. The Kier molecular flexibility index (Phi) is 3.17. The van der Waals surface area contributed by atoms with E-state index >= 15 is 0 Å². The van der Waals surface area contributed by atoms with Gasteiger partial charge in [-0.25, -0.2) is 9.37 Å². The molecule has 0 radical (unpaired) electrons. The molecule has 0 saturated carbocycles. The Morgan fingerprint density at radius 1 is 1.50 bits per heavy atom. The van der Waals surface area contributed by atoms with Crippen molar-refractivity contribution in [3.05, 3.63) is 17.3 Å². The largest absolute Gasteiger partial charge is 0.574 e. The highest BCUT2D eigenvalue weighted by molar-refractivity contribution is 5.58. The maximum atomic E-state index is 12.3. The second kappa shape index (κ2) is 4.22. The summed E-state index contributed by atoms with van der Waals surface area (Å²) in [7, 11) is 0. The van der Waals surface area contributed by atoms with E-state index in [4.69, 9.17) is 11.0 Å². The number of nitriles is 1. The SMILES string of the molecule is N#Cc1cc(OC(F)(F)F)nc(CF)c1N. The Balaban J connectivity index is 3.19. The fraction of sp³-hybridized carbons (Fsp3) is 0.250. The zero-order valence-electron chi connectivity index (χ0n) is 7.68. The normalized spacial score (nSPS) is 10.9. The summed E-state index contributed by atoms with van der Waals surface area (Å²) in [6.45, 7) is -1.18. The molecule has 0 aromatic carbocycles. The maximum absolute atomic E-state index is 12.3. The minimum atomic E-state index is -4.95. The summed E-state index contributed by atoms with van der Waals surface area (Å²) < 4.78 is 51.3. The van der Waals surface area contributed by atoms with Gasteiger partial charge in [0, 0.05) is 6.07 Å². The highest BCUT2D eigenvalue weighted by Gasteiger charge is 2.32. The molecule has 0 spiro atoms. The van der Waals surface area contributed by atoms with Gasteiger partial charge in [-0.3, -0.25) is 0 Å². The molecule has 0 amide bonds. The Morgan fingerprint density at radius 3 is 2.56 bits per heavy atom. The number of halogens is 4. The molecular weight excluding hydrogens is 230 g/mol. The summed E-state index contributed by atoms with van der Waals surface area (Å²) >= 11 is 0. The molecule has 0 bridgehead atoms. The van der Waals surface area contributed by atoms with Crippen LogP contribution in [-0.4, -0.2) is 11.3 Å². The third kappa shape index (κ3) is 2.73. The monoisotopic (exact) mass is 235 g/mol. The second-order valence-corrected chi connectivity index (χ2v) is 2.66. The van der Waals surface area contributed by atoms with Crippen molar-refractivity contribution in [2.45, 2.75) is 13.0 Å². The van der Waals surface area contributed by atoms with Gasteiger partial charge in [-0.05, 0) is 0 Å². The lowest BCUT2D eigenvalue weighted by molar-refractivity contribution is -0.276. The first kappa shape index (κ1) is 12.0. The van der Waals surface area contributed by atoms with Gasteiger partial charge in [0.2, 0.25) is 5.88 Å². The van der Waals surface area contributed by atoms with Crippen LogP contribution in [0, 0.1) is 11.3 Å². The van der Waals surface area contributed by atoms with Gasteiger partial charge in [-0.1, -0.05) is 0 Å². The average Bonchev–Trinajstić information content (AvgIpc) is 2.18. The topological polar surface area (TPSA) is 71.9 Å². The van der Waals surface area contributed by atoms with Gasteiger partial charge in [-0.2, -0.15) is 5.26 Å². The predicted octanol–water partition coefficient (Wildman–Crippen LogP) is 1.90. The Labute approximate surface area is 87.3 Å². The molecule has 0 unspecified atom stereocenters. The molecule has 1 aromatic rings. The van der Waals surface area contributed by atoms with Crippen molar-refractivity contribution in [1.29, 1.82) is 5.26 Å². The number of pyridine rings is 1. The molecule has 2 N–H and O–H groups in total. The lowest BCUT2D eigenvalue weighted by Gasteiger charge is -2.10. The van der Waals surface area contributed by atoms with Gasteiger partial charge < -0.3 is 10.5 Å². The number of hydrogen-bond acceptors (Lipinski definition) is 4. The zero-order valence-corrected chi connectivity index (χ0v) is 7.68.